The van der Waals surface area contributed by atoms with Gasteiger partial charge in [0.1, 0.15) is 6.54 Å². The first-order valence-corrected chi connectivity index (χ1v) is 6.90. The maximum atomic E-state index is 12.0. The average Bonchev–Trinajstić information content (AvgIpc) is 2.63. The van der Waals surface area contributed by atoms with Gasteiger partial charge in [0.05, 0.1) is 0 Å². The van der Waals surface area contributed by atoms with E-state index in [1.165, 1.54) is 6.08 Å². The van der Waals surface area contributed by atoms with E-state index >= 15 is 0 Å². The van der Waals surface area contributed by atoms with Gasteiger partial charge in [0.25, 0.3) is 0 Å². The van der Waals surface area contributed by atoms with Crippen LogP contribution in [0.25, 0.3) is 0 Å². The molecule has 5 amide bonds. The van der Waals surface area contributed by atoms with Gasteiger partial charge < -0.3 is 10.4 Å². The van der Waals surface area contributed by atoms with Crippen molar-refractivity contribution in [2.75, 3.05) is 13.1 Å². The number of imide groups is 2. The highest BCUT2D eigenvalue weighted by Gasteiger charge is 2.44. The maximum Gasteiger partial charge on any atom is 0.335 e. The second-order valence-corrected chi connectivity index (χ2v) is 5.70. The molecule has 1 heterocycles. The summed E-state index contributed by atoms with van der Waals surface area (Å²) in [6, 6.07) is -0.876. The van der Waals surface area contributed by atoms with Gasteiger partial charge >= 0.3 is 23.8 Å². The van der Waals surface area contributed by atoms with E-state index in [4.69, 9.17) is 5.11 Å². The zero-order chi connectivity index (χ0) is 17.8. The molecule has 0 unspecified atom stereocenters. The summed E-state index contributed by atoms with van der Waals surface area (Å²) in [5.74, 6) is -3.73. The molecule has 1 aliphatic heterocycles. The molecule has 9 heteroatoms. The number of urea groups is 1. The van der Waals surface area contributed by atoms with Gasteiger partial charge in [0, 0.05) is 18.5 Å². The lowest BCUT2D eigenvalue weighted by molar-refractivity contribution is -0.144. The van der Waals surface area contributed by atoms with E-state index in [2.05, 4.69) is 11.9 Å². The quantitative estimate of drug-likeness (QED) is 0.359. The molecule has 0 bridgehead atoms. The van der Waals surface area contributed by atoms with Crippen molar-refractivity contribution in [2.24, 2.45) is 0 Å². The Balaban J connectivity index is 2.68. The standard InChI is InChI=1S/C14H19N3O6/c1-4-7-16-11(21)12(22)17(13(16)23)8-9(18)15-14(2,3)6-5-10(19)20/h4H,1,5-8H2,2-3H3,(H,15,18)(H,19,20). The number of carboxylic acid groups (broad SMARTS) is 1. The monoisotopic (exact) mass is 325 g/mol. The van der Waals surface area contributed by atoms with E-state index in [1.807, 2.05) is 0 Å². The Labute approximate surface area is 132 Å². The lowest BCUT2D eigenvalue weighted by Crippen LogP contribution is -2.49. The summed E-state index contributed by atoms with van der Waals surface area (Å²) in [6.45, 7) is 5.90. The number of nitrogens with one attached hydrogen (secondary N) is 1. The van der Waals surface area contributed by atoms with Crippen LogP contribution in [0.15, 0.2) is 12.7 Å². The van der Waals surface area contributed by atoms with Crippen molar-refractivity contribution in [1.29, 1.82) is 0 Å². The molecule has 23 heavy (non-hydrogen) atoms. The highest BCUT2D eigenvalue weighted by Crippen LogP contribution is 2.14. The molecule has 0 atom stereocenters. The van der Waals surface area contributed by atoms with Gasteiger partial charge in [-0.05, 0) is 20.3 Å². The van der Waals surface area contributed by atoms with Crippen LogP contribution < -0.4 is 5.32 Å². The Morgan fingerprint density at radius 2 is 1.78 bits per heavy atom. The van der Waals surface area contributed by atoms with E-state index in [9.17, 15) is 24.0 Å². The van der Waals surface area contributed by atoms with Gasteiger partial charge in [0.15, 0.2) is 0 Å². The molecule has 1 aliphatic rings. The topological polar surface area (TPSA) is 124 Å². The number of rotatable bonds is 8. The van der Waals surface area contributed by atoms with E-state index in [-0.39, 0.29) is 19.4 Å². The molecule has 0 aromatic rings. The molecule has 9 nitrogen and oxygen atoms in total. The molecule has 0 aromatic heterocycles. The third-order valence-electron chi connectivity index (χ3n) is 3.19. The number of hydrogen-bond donors (Lipinski definition) is 2. The molecule has 1 fully saturated rings. The Kier molecular flexibility index (Phi) is 5.61. The number of nitrogens with zero attached hydrogens (tertiary/aromatic N) is 2. The van der Waals surface area contributed by atoms with Crippen LogP contribution in [-0.2, 0) is 19.2 Å². The van der Waals surface area contributed by atoms with E-state index in [0.717, 1.165) is 0 Å². The Hall–Kier alpha value is -2.71. The minimum Gasteiger partial charge on any atom is -0.481 e. The van der Waals surface area contributed by atoms with Crippen LogP contribution in [-0.4, -0.2) is 63.3 Å². The smallest absolute Gasteiger partial charge is 0.335 e. The molecule has 0 saturated carbocycles. The summed E-state index contributed by atoms with van der Waals surface area (Å²) in [4.78, 5) is 59.1. The Morgan fingerprint density at radius 3 is 2.30 bits per heavy atom. The molecule has 2 N–H and O–H groups in total. The summed E-state index contributed by atoms with van der Waals surface area (Å²) >= 11 is 0. The van der Waals surface area contributed by atoms with Crippen molar-refractivity contribution in [2.45, 2.75) is 32.2 Å². The summed E-state index contributed by atoms with van der Waals surface area (Å²) in [5, 5.41) is 11.2. The summed E-state index contributed by atoms with van der Waals surface area (Å²) in [5.41, 5.74) is -0.827. The van der Waals surface area contributed by atoms with Crippen LogP contribution in [0.1, 0.15) is 26.7 Å². The van der Waals surface area contributed by atoms with Crippen molar-refractivity contribution in [3.8, 4) is 0 Å². The van der Waals surface area contributed by atoms with Gasteiger partial charge in [-0.15, -0.1) is 6.58 Å². The van der Waals surface area contributed by atoms with Gasteiger partial charge in [-0.25, -0.2) is 9.69 Å². The fourth-order valence-electron chi connectivity index (χ4n) is 2.02. The zero-order valence-electron chi connectivity index (χ0n) is 13.0. The second-order valence-electron chi connectivity index (χ2n) is 5.70. The van der Waals surface area contributed by atoms with Crippen LogP contribution in [0, 0.1) is 0 Å². The third kappa shape index (κ3) is 4.63. The number of hydrogen-bond acceptors (Lipinski definition) is 5. The molecule has 126 valence electrons. The van der Waals surface area contributed by atoms with Crippen molar-refractivity contribution in [3.63, 3.8) is 0 Å². The lowest BCUT2D eigenvalue weighted by atomic mass is 9.98. The van der Waals surface area contributed by atoms with Gasteiger partial charge in [0.2, 0.25) is 5.91 Å². The summed E-state index contributed by atoms with van der Waals surface area (Å²) in [7, 11) is 0. The minimum absolute atomic E-state index is 0.119. The van der Waals surface area contributed by atoms with Crippen molar-refractivity contribution in [3.05, 3.63) is 12.7 Å². The predicted octanol–water partition coefficient (Wildman–Crippen LogP) is -0.277. The normalized spacial score (nSPS) is 15.1. The third-order valence-corrected chi connectivity index (χ3v) is 3.19. The molecule has 0 radical (unpaired) electrons. The number of amides is 5. The largest absolute Gasteiger partial charge is 0.481 e. The molecule has 0 spiro atoms. The zero-order valence-corrected chi connectivity index (χ0v) is 13.0. The van der Waals surface area contributed by atoms with Crippen LogP contribution in [0.3, 0.4) is 0 Å². The maximum absolute atomic E-state index is 12.0. The number of aliphatic carboxylic acids is 1. The van der Waals surface area contributed by atoms with Crippen molar-refractivity contribution < 1.29 is 29.1 Å². The van der Waals surface area contributed by atoms with Crippen LogP contribution in [0.4, 0.5) is 4.79 Å². The average molecular weight is 325 g/mol. The Bertz CT molecular complexity index is 569. The highest BCUT2D eigenvalue weighted by molar-refractivity contribution is 6.45. The van der Waals surface area contributed by atoms with Crippen molar-refractivity contribution >= 4 is 29.7 Å². The summed E-state index contributed by atoms with van der Waals surface area (Å²) in [6.07, 6.45) is 1.33. The van der Waals surface area contributed by atoms with Crippen molar-refractivity contribution in [1.82, 2.24) is 15.1 Å². The molecular weight excluding hydrogens is 306 g/mol. The highest BCUT2D eigenvalue weighted by atomic mass is 16.4. The minimum atomic E-state index is -1.07. The van der Waals surface area contributed by atoms with E-state index < -0.39 is 41.8 Å². The molecule has 0 aliphatic carbocycles. The first kappa shape index (κ1) is 18.3. The Morgan fingerprint density at radius 1 is 1.22 bits per heavy atom. The second kappa shape index (κ2) is 7.03. The predicted molar refractivity (Wildman–Crippen MR) is 78.1 cm³/mol. The first-order valence-electron chi connectivity index (χ1n) is 6.90. The van der Waals surface area contributed by atoms with E-state index in [1.54, 1.807) is 13.8 Å². The van der Waals surface area contributed by atoms with Crippen LogP contribution >= 0.6 is 0 Å². The molecule has 1 rings (SSSR count). The van der Waals surface area contributed by atoms with Gasteiger partial charge in [-0.2, -0.15) is 0 Å². The SMILES string of the molecule is C=CCN1C(=O)C(=O)N(CC(=O)NC(C)(C)CCC(=O)O)C1=O. The van der Waals surface area contributed by atoms with E-state index in [0.29, 0.717) is 9.80 Å². The van der Waals surface area contributed by atoms with Gasteiger partial charge in [-0.1, -0.05) is 6.08 Å². The number of carbonyl (C=O) groups is 5. The van der Waals surface area contributed by atoms with Crippen LogP contribution in [0.5, 0.6) is 0 Å². The number of carbonyl (C=O) groups excluding carboxylic acids is 4. The summed E-state index contributed by atoms with van der Waals surface area (Å²) < 4.78 is 0. The lowest BCUT2D eigenvalue weighted by Gasteiger charge is -2.26. The fourth-order valence-corrected chi connectivity index (χ4v) is 2.02. The molecular formula is C14H19N3O6. The molecule has 0 aromatic carbocycles. The molecule has 1 saturated heterocycles. The first-order chi connectivity index (χ1) is 10.6. The van der Waals surface area contributed by atoms with Gasteiger partial charge in [-0.3, -0.25) is 24.1 Å². The number of carboxylic acids is 1. The van der Waals surface area contributed by atoms with Crippen LogP contribution in [0.2, 0.25) is 0 Å². The fraction of sp³-hybridized carbons (Fsp3) is 0.500.